The largest absolute Gasteiger partial charge is 0.455 e. The van der Waals surface area contributed by atoms with E-state index < -0.39 is 0 Å². The highest BCUT2D eigenvalue weighted by atomic mass is 16.3. The Balaban J connectivity index is 1.13. The number of nitrogens with zero attached hydrogens (tertiary/aromatic N) is 3. The monoisotopic (exact) mass is 665 g/mol. The predicted molar refractivity (Wildman–Crippen MR) is 211 cm³/mol. The van der Waals surface area contributed by atoms with Crippen molar-refractivity contribution < 1.29 is 8.83 Å². The van der Waals surface area contributed by atoms with E-state index >= 15 is 0 Å². The van der Waals surface area contributed by atoms with Crippen LogP contribution in [0, 0.1) is 0 Å². The molecule has 0 aliphatic rings. The van der Waals surface area contributed by atoms with Gasteiger partial charge in [-0.2, -0.15) is 0 Å². The van der Waals surface area contributed by atoms with Crippen LogP contribution in [-0.2, 0) is 0 Å². The number of para-hydroxylation sites is 1. The molecule has 0 aliphatic carbocycles. The zero-order valence-corrected chi connectivity index (χ0v) is 27.7. The van der Waals surface area contributed by atoms with Crippen molar-refractivity contribution >= 4 is 65.4 Å². The summed E-state index contributed by atoms with van der Waals surface area (Å²) >= 11 is 0. The third-order valence-corrected chi connectivity index (χ3v) is 10.1. The van der Waals surface area contributed by atoms with Gasteiger partial charge in [-0.25, -0.2) is 15.0 Å². The molecular weight excluding hydrogens is 639 g/mol. The zero-order chi connectivity index (χ0) is 34.2. The van der Waals surface area contributed by atoms with E-state index in [2.05, 4.69) is 91.0 Å². The lowest BCUT2D eigenvalue weighted by Crippen LogP contribution is -2.00. The van der Waals surface area contributed by atoms with Crippen LogP contribution in [0.3, 0.4) is 0 Å². The fourth-order valence-corrected chi connectivity index (χ4v) is 7.74. The molecule has 0 spiro atoms. The third kappa shape index (κ3) is 4.33. The van der Waals surface area contributed by atoms with Gasteiger partial charge in [-0.15, -0.1) is 0 Å². The summed E-state index contributed by atoms with van der Waals surface area (Å²) in [6.07, 6.45) is 0. The van der Waals surface area contributed by atoms with Crippen molar-refractivity contribution in [1.29, 1.82) is 0 Å². The van der Waals surface area contributed by atoms with Gasteiger partial charge >= 0.3 is 0 Å². The average molecular weight is 666 g/mol. The molecule has 242 valence electrons. The molecule has 0 bridgehead atoms. The number of benzene rings is 8. The van der Waals surface area contributed by atoms with Gasteiger partial charge in [0.05, 0.1) is 5.39 Å². The lowest BCUT2D eigenvalue weighted by Gasteiger charge is -2.13. The molecule has 0 saturated heterocycles. The van der Waals surface area contributed by atoms with Crippen LogP contribution in [0.4, 0.5) is 0 Å². The van der Waals surface area contributed by atoms with Crippen LogP contribution in [0.2, 0.25) is 0 Å². The minimum Gasteiger partial charge on any atom is -0.455 e. The van der Waals surface area contributed by atoms with Crippen LogP contribution in [0.5, 0.6) is 0 Å². The van der Waals surface area contributed by atoms with E-state index in [0.29, 0.717) is 17.5 Å². The molecule has 0 saturated carbocycles. The van der Waals surface area contributed by atoms with Crippen molar-refractivity contribution in [1.82, 2.24) is 15.0 Å². The average Bonchev–Trinajstić information content (AvgIpc) is 3.80. The van der Waals surface area contributed by atoms with E-state index in [4.69, 9.17) is 23.8 Å². The summed E-state index contributed by atoms with van der Waals surface area (Å²) < 4.78 is 13.2. The maximum Gasteiger partial charge on any atom is 0.164 e. The molecule has 11 rings (SSSR count). The van der Waals surface area contributed by atoms with Gasteiger partial charge in [0.15, 0.2) is 17.5 Å². The van der Waals surface area contributed by atoms with Crippen molar-refractivity contribution in [3.8, 4) is 45.3 Å². The normalized spacial score (nSPS) is 11.8. The predicted octanol–water partition coefficient (Wildman–Crippen LogP) is 12.6. The Hall–Kier alpha value is -7.11. The Morgan fingerprint density at radius 2 is 0.827 bits per heavy atom. The Labute approximate surface area is 297 Å². The van der Waals surface area contributed by atoms with E-state index in [-0.39, 0.29) is 0 Å². The van der Waals surface area contributed by atoms with Crippen LogP contribution in [0.25, 0.3) is 111 Å². The molecule has 52 heavy (non-hydrogen) atoms. The molecule has 11 aromatic rings. The van der Waals surface area contributed by atoms with E-state index in [9.17, 15) is 0 Å². The molecule has 0 aliphatic heterocycles. The first-order chi connectivity index (χ1) is 25.8. The number of rotatable bonds is 4. The first-order valence-corrected chi connectivity index (χ1v) is 17.4. The van der Waals surface area contributed by atoms with Gasteiger partial charge in [0, 0.05) is 38.2 Å². The molecule has 3 heterocycles. The van der Waals surface area contributed by atoms with Crippen molar-refractivity contribution in [3.05, 3.63) is 164 Å². The van der Waals surface area contributed by atoms with E-state index in [1.807, 2.05) is 72.8 Å². The Kier molecular flexibility index (Phi) is 6.18. The van der Waals surface area contributed by atoms with Gasteiger partial charge in [-0.05, 0) is 51.6 Å². The van der Waals surface area contributed by atoms with Gasteiger partial charge in [0.2, 0.25) is 0 Å². The van der Waals surface area contributed by atoms with Crippen LogP contribution in [0.15, 0.2) is 173 Å². The Bertz CT molecular complexity index is 3120. The second-order valence-corrected chi connectivity index (χ2v) is 13.1. The summed E-state index contributed by atoms with van der Waals surface area (Å²) in [6.45, 7) is 0. The summed E-state index contributed by atoms with van der Waals surface area (Å²) in [5.41, 5.74) is 8.46. The number of furan rings is 2. The number of hydrogen-bond donors (Lipinski definition) is 0. The van der Waals surface area contributed by atoms with Crippen molar-refractivity contribution in [3.63, 3.8) is 0 Å². The third-order valence-electron chi connectivity index (χ3n) is 10.1. The summed E-state index contributed by atoms with van der Waals surface area (Å²) in [5.74, 6) is 1.91. The standard InChI is InChI=1S/C47H27N3O2/c1-3-13-28(14-4-1)45-48-46(29-15-5-2-6-16-29)50-47(49-45)36-25-24-31(32-17-7-8-18-33(32)36)30-23-26-40-38(27-30)41-34-19-9-10-20-35(34)43-42(44(41)52-40)37-21-11-12-22-39(37)51-43/h1-27H. The minimum atomic E-state index is 0.634. The van der Waals surface area contributed by atoms with Crippen LogP contribution < -0.4 is 0 Å². The summed E-state index contributed by atoms with van der Waals surface area (Å²) in [4.78, 5) is 15.0. The molecule has 0 atom stereocenters. The first kappa shape index (κ1) is 28.7. The fourth-order valence-electron chi connectivity index (χ4n) is 7.74. The van der Waals surface area contributed by atoms with Crippen LogP contribution >= 0.6 is 0 Å². The van der Waals surface area contributed by atoms with Gasteiger partial charge < -0.3 is 8.83 Å². The lowest BCUT2D eigenvalue weighted by atomic mass is 9.93. The molecule has 5 nitrogen and oxygen atoms in total. The quantitative estimate of drug-likeness (QED) is 0.187. The maximum absolute atomic E-state index is 6.71. The summed E-state index contributed by atoms with van der Waals surface area (Å²) in [5, 5.41) is 8.60. The smallest absolute Gasteiger partial charge is 0.164 e. The molecule has 3 aromatic heterocycles. The highest BCUT2D eigenvalue weighted by Gasteiger charge is 2.22. The van der Waals surface area contributed by atoms with Gasteiger partial charge in [0.1, 0.15) is 22.3 Å². The molecule has 0 fully saturated rings. The molecule has 0 radical (unpaired) electrons. The van der Waals surface area contributed by atoms with E-state index in [0.717, 1.165) is 93.2 Å². The second kappa shape index (κ2) is 11.2. The van der Waals surface area contributed by atoms with E-state index in [1.54, 1.807) is 0 Å². The fraction of sp³-hybridized carbons (Fsp3) is 0. The number of hydrogen-bond acceptors (Lipinski definition) is 5. The van der Waals surface area contributed by atoms with Gasteiger partial charge in [-0.3, -0.25) is 0 Å². The zero-order valence-electron chi connectivity index (χ0n) is 27.7. The second-order valence-electron chi connectivity index (χ2n) is 13.1. The molecule has 5 heteroatoms. The van der Waals surface area contributed by atoms with Crippen molar-refractivity contribution in [2.75, 3.05) is 0 Å². The SMILES string of the molecule is c1ccc(-c2nc(-c3ccccc3)nc(-c3ccc(-c4ccc5oc6c(c5c4)c4ccccc4c4oc5ccccc5c46)c4ccccc34)n2)cc1. The van der Waals surface area contributed by atoms with Crippen molar-refractivity contribution in [2.45, 2.75) is 0 Å². The van der Waals surface area contributed by atoms with Crippen LogP contribution in [-0.4, -0.2) is 15.0 Å². The minimum absolute atomic E-state index is 0.634. The van der Waals surface area contributed by atoms with Gasteiger partial charge in [0.25, 0.3) is 0 Å². The molecular formula is C47H27N3O2. The number of aromatic nitrogens is 3. The molecule has 8 aromatic carbocycles. The number of fused-ring (bicyclic) bond motifs is 11. The van der Waals surface area contributed by atoms with Crippen molar-refractivity contribution in [2.24, 2.45) is 0 Å². The van der Waals surface area contributed by atoms with Crippen LogP contribution in [0.1, 0.15) is 0 Å². The lowest BCUT2D eigenvalue weighted by molar-refractivity contribution is 0.665. The molecule has 0 N–H and O–H groups in total. The maximum atomic E-state index is 6.71. The molecule has 0 unspecified atom stereocenters. The highest BCUT2D eigenvalue weighted by molar-refractivity contribution is 6.33. The summed E-state index contributed by atoms with van der Waals surface area (Å²) in [6, 6.07) is 56.2. The Morgan fingerprint density at radius 1 is 0.308 bits per heavy atom. The highest BCUT2D eigenvalue weighted by Crippen LogP contribution is 2.46. The first-order valence-electron chi connectivity index (χ1n) is 17.4. The Morgan fingerprint density at radius 3 is 1.54 bits per heavy atom. The van der Waals surface area contributed by atoms with E-state index in [1.165, 1.54) is 0 Å². The topological polar surface area (TPSA) is 65.0 Å². The summed E-state index contributed by atoms with van der Waals surface area (Å²) in [7, 11) is 0. The van der Waals surface area contributed by atoms with Gasteiger partial charge in [-0.1, -0.05) is 140 Å². The molecule has 0 amide bonds.